The molecule has 1 N–H and O–H groups in total. The van der Waals surface area contributed by atoms with Gasteiger partial charge in [0.15, 0.2) is 6.10 Å². The molecule has 0 saturated carbocycles. The van der Waals surface area contributed by atoms with Crippen molar-refractivity contribution in [3.8, 4) is 5.75 Å². The second kappa shape index (κ2) is 6.59. The van der Waals surface area contributed by atoms with Crippen molar-refractivity contribution in [1.82, 2.24) is 4.90 Å². The summed E-state index contributed by atoms with van der Waals surface area (Å²) in [5.41, 5.74) is 0. The Morgan fingerprint density at radius 3 is 2.85 bits per heavy atom. The summed E-state index contributed by atoms with van der Waals surface area (Å²) in [4.78, 5) is 14.1. The molecular formula is C15H20BrNO3. The van der Waals surface area contributed by atoms with Crippen molar-refractivity contribution in [2.75, 3.05) is 13.1 Å². The highest BCUT2D eigenvalue weighted by Gasteiger charge is 2.31. The molecular weight excluding hydrogens is 322 g/mol. The van der Waals surface area contributed by atoms with Gasteiger partial charge < -0.3 is 14.7 Å². The molecule has 0 aliphatic carbocycles. The maximum absolute atomic E-state index is 12.3. The summed E-state index contributed by atoms with van der Waals surface area (Å²) in [5.74, 6) is 0.830. The number of benzene rings is 1. The summed E-state index contributed by atoms with van der Waals surface area (Å²) in [6, 6.07) is 7.45. The van der Waals surface area contributed by atoms with E-state index in [2.05, 4.69) is 15.9 Å². The van der Waals surface area contributed by atoms with E-state index in [1.165, 1.54) is 0 Å². The summed E-state index contributed by atoms with van der Waals surface area (Å²) in [6.45, 7) is 4.85. The van der Waals surface area contributed by atoms with E-state index in [9.17, 15) is 9.90 Å². The van der Waals surface area contributed by atoms with E-state index >= 15 is 0 Å². The number of carbonyl (C=O) groups is 1. The molecule has 3 unspecified atom stereocenters. The van der Waals surface area contributed by atoms with Crippen molar-refractivity contribution < 1.29 is 14.6 Å². The summed E-state index contributed by atoms with van der Waals surface area (Å²) in [5, 5.41) is 9.58. The minimum absolute atomic E-state index is 0.0203. The van der Waals surface area contributed by atoms with Gasteiger partial charge in [0, 0.05) is 23.5 Å². The lowest BCUT2D eigenvalue weighted by atomic mass is 10.0. The van der Waals surface area contributed by atoms with E-state index in [-0.39, 0.29) is 17.9 Å². The van der Waals surface area contributed by atoms with E-state index in [4.69, 9.17) is 4.74 Å². The lowest BCUT2D eigenvalue weighted by Crippen LogP contribution is -2.39. The fraction of sp³-hybridized carbons (Fsp3) is 0.533. The normalized spacial score (nSPS) is 21.6. The van der Waals surface area contributed by atoms with Crippen LogP contribution >= 0.6 is 15.9 Å². The van der Waals surface area contributed by atoms with Crippen molar-refractivity contribution >= 4 is 21.8 Å². The first-order chi connectivity index (χ1) is 9.47. The van der Waals surface area contributed by atoms with Gasteiger partial charge in [0.25, 0.3) is 5.91 Å². The molecule has 1 aliphatic rings. The zero-order chi connectivity index (χ0) is 14.7. The molecule has 3 atom stereocenters. The van der Waals surface area contributed by atoms with Crippen LogP contribution in [0.4, 0.5) is 0 Å². The molecule has 0 bridgehead atoms. The first kappa shape index (κ1) is 15.3. The molecule has 1 aromatic rings. The lowest BCUT2D eigenvalue weighted by Gasteiger charge is -2.22. The minimum atomic E-state index is -0.517. The Bertz CT molecular complexity index is 478. The highest BCUT2D eigenvalue weighted by Crippen LogP contribution is 2.22. The van der Waals surface area contributed by atoms with E-state index in [1.807, 2.05) is 24.3 Å². The second-order valence-corrected chi connectivity index (χ2v) is 6.21. The van der Waals surface area contributed by atoms with Crippen molar-refractivity contribution in [2.24, 2.45) is 5.92 Å². The summed E-state index contributed by atoms with van der Waals surface area (Å²) < 4.78 is 6.60. The quantitative estimate of drug-likeness (QED) is 0.914. The number of rotatable bonds is 4. The van der Waals surface area contributed by atoms with Crippen LogP contribution in [0.5, 0.6) is 5.75 Å². The molecule has 1 saturated heterocycles. The van der Waals surface area contributed by atoms with Crippen LogP contribution in [0.3, 0.4) is 0 Å². The Morgan fingerprint density at radius 1 is 1.50 bits per heavy atom. The zero-order valence-corrected chi connectivity index (χ0v) is 13.3. The van der Waals surface area contributed by atoms with Gasteiger partial charge in [-0.3, -0.25) is 4.79 Å². The number of nitrogens with zero attached hydrogens (tertiary/aromatic N) is 1. The van der Waals surface area contributed by atoms with E-state index in [0.29, 0.717) is 18.8 Å². The lowest BCUT2D eigenvalue weighted by molar-refractivity contribution is -0.137. The monoisotopic (exact) mass is 341 g/mol. The number of hydrogen-bond acceptors (Lipinski definition) is 3. The Kier molecular flexibility index (Phi) is 5.05. The number of carbonyl (C=O) groups excluding carboxylic acids is 1. The molecule has 1 amide bonds. The van der Waals surface area contributed by atoms with Crippen LogP contribution in [0, 0.1) is 5.92 Å². The van der Waals surface area contributed by atoms with Gasteiger partial charge in [-0.25, -0.2) is 0 Å². The van der Waals surface area contributed by atoms with Crippen molar-refractivity contribution in [2.45, 2.75) is 32.5 Å². The first-order valence-corrected chi connectivity index (χ1v) is 7.65. The smallest absolute Gasteiger partial charge is 0.263 e. The molecule has 1 aliphatic heterocycles. The second-order valence-electron chi connectivity index (χ2n) is 5.29. The molecule has 1 fully saturated rings. The fourth-order valence-corrected chi connectivity index (χ4v) is 2.81. The van der Waals surface area contributed by atoms with Gasteiger partial charge in [0.1, 0.15) is 5.75 Å². The molecule has 1 heterocycles. The molecule has 4 nitrogen and oxygen atoms in total. The Labute approximate surface area is 127 Å². The third kappa shape index (κ3) is 3.73. The molecule has 110 valence electrons. The minimum Gasteiger partial charge on any atom is -0.481 e. The average Bonchev–Trinajstić information content (AvgIpc) is 2.87. The Morgan fingerprint density at radius 2 is 2.25 bits per heavy atom. The third-order valence-electron chi connectivity index (χ3n) is 3.68. The van der Waals surface area contributed by atoms with Crippen LogP contribution in [0.2, 0.25) is 0 Å². The highest BCUT2D eigenvalue weighted by molar-refractivity contribution is 9.10. The van der Waals surface area contributed by atoms with Crippen molar-refractivity contribution in [3.63, 3.8) is 0 Å². The molecule has 5 heteroatoms. The maximum atomic E-state index is 12.3. The van der Waals surface area contributed by atoms with E-state index in [1.54, 1.807) is 18.7 Å². The number of halogens is 1. The number of aliphatic hydroxyl groups is 1. The van der Waals surface area contributed by atoms with Gasteiger partial charge in [0.2, 0.25) is 0 Å². The van der Waals surface area contributed by atoms with Crippen LogP contribution in [-0.2, 0) is 4.79 Å². The third-order valence-corrected chi connectivity index (χ3v) is 4.17. The summed E-state index contributed by atoms with van der Waals surface area (Å²) >= 11 is 3.38. The van der Waals surface area contributed by atoms with Gasteiger partial charge in [-0.05, 0) is 38.5 Å². The SMILES string of the molecule is CC(Oc1cccc(Br)c1)C(=O)N1CCC(C(C)O)C1. The largest absolute Gasteiger partial charge is 0.481 e. The topological polar surface area (TPSA) is 49.8 Å². The molecule has 1 aromatic carbocycles. The number of hydrogen-bond donors (Lipinski definition) is 1. The van der Waals surface area contributed by atoms with Crippen LogP contribution in [0.25, 0.3) is 0 Å². The van der Waals surface area contributed by atoms with Crippen molar-refractivity contribution in [1.29, 1.82) is 0 Å². The summed E-state index contributed by atoms with van der Waals surface area (Å²) in [6.07, 6.45) is -0.0290. The fourth-order valence-electron chi connectivity index (χ4n) is 2.43. The van der Waals surface area contributed by atoms with Crippen LogP contribution in [0.1, 0.15) is 20.3 Å². The van der Waals surface area contributed by atoms with Gasteiger partial charge in [-0.2, -0.15) is 0 Å². The van der Waals surface area contributed by atoms with Gasteiger partial charge in [-0.1, -0.05) is 22.0 Å². The zero-order valence-electron chi connectivity index (χ0n) is 11.8. The molecule has 0 radical (unpaired) electrons. The molecule has 2 rings (SSSR count). The highest BCUT2D eigenvalue weighted by atomic mass is 79.9. The molecule has 0 spiro atoms. The van der Waals surface area contributed by atoms with Crippen LogP contribution in [-0.4, -0.2) is 41.2 Å². The molecule has 20 heavy (non-hydrogen) atoms. The predicted octanol–water partition coefficient (Wildman–Crippen LogP) is 2.45. The average molecular weight is 342 g/mol. The first-order valence-electron chi connectivity index (χ1n) is 6.86. The van der Waals surface area contributed by atoms with Gasteiger partial charge in [-0.15, -0.1) is 0 Å². The number of likely N-dealkylation sites (tertiary alicyclic amines) is 1. The van der Waals surface area contributed by atoms with E-state index < -0.39 is 6.10 Å². The Hall–Kier alpha value is -1.07. The van der Waals surface area contributed by atoms with Crippen molar-refractivity contribution in [3.05, 3.63) is 28.7 Å². The standard InChI is InChI=1S/C15H20BrNO3/c1-10(18)12-6-7-17(9-12)15(19)11(2)20-14-5-3-4-13(16)8-14/h3-5,8,10-12,18H,6-7,9H2,1-2H3. The number of ether oxygens (including phenoxy) is 1. The van der Waals surface area contributed by atoms with Crippen LogP contribution in [0.15, 0.2) is 28.7 Å². The molecule has 0 aromatic heterocycles. The van der Waals surface area contributed by atoms with E-state index in [0.717, 1.165) is 10.9 Å². The maximum Gasteiger partial charge on any atom is 0.263 e. The van der Waals surface area contributed by atoms with Gasteiger partial charge >= 0.3 is 0 Å². The number of amides is 1. The Balaban J connectivity index is 1.93. The summed E-state index contributed by atoms with van der Waals surface area (Å²) in [7, 11) is 0. The van der Waals surface area contributed by atoms with Crippen LogP contribution < -0.4 is 4.74 Å². The predicted molar refractivity (Wildman–Crippen MR) is 80.6 cm³/mol. The van der Waals surface area contributed by atoms with Gasteiger partial charge in [0.05, 0.1) is 6.10 Å². The number of aliphatic hydroxyl groups excluding tert-OH is 1.